The molecule has 1 aliphatic rings. The fourth-order valence-electron chi connectivity index (χ4n) is 4.25. The fourth-order valence-corrected chi connectivity index (χ4v) is 4.61. The second-order valence-electron chi connectivity index (χ2n) is 7.65. The smallest absolute Gasteiger partial charge is 0.416 e. The average Bonchev–Trinajstić information content (AvgIpc) is 3.18. The van der Waals surface area contributed by atoms with Gasteiger partial charge >= 0.3 is 6.09 Å². The van der Waals surface area contributed by atoms with Crippen LogP contribution in [0.3, 0.4) is 0 Å². The number of aromatic amines is 1. The minimum atomic E-state index is -0.483. The molecule has 1 amide bonds. The number of amides is 1. The van der Waals surface area contributed by atoms with Gasteiger partial charge in [-0.1, -0.05) is 28.1 Å². The van der Waals surface area contributed by atoms with Gasteiger partial charge in [0.25, 0.3) is 0 Å². The van der Waals surface area contributed by atoms with Gasteiger partial charge in [0.2, 0.25) is 0 Å². The predicted octanol–water partition coefficient (Wildman–Crippen LogP) is 6.22. The number of fused-ring (bicyclic) bond motifs is 3. The molecule has 1 unspecified atom stereocenters. The number of hydrogen-bond acceptors (Lipinski definition) is 3. The van der Waals surface area contributed by atoms with Crippen molar-refractivity contribution in [2.45, 2.75) is 12.5 Å². The molecule has 0 saturated heterocycles. The number of hydrogen-bond donors (Lipinski definition) is 1. The SMILES string of the molecule is COc1ccc(C2c3[nH]c4ccc(Br)cc4c3CCN2C(=O)Oc2ccc(F)cc2)cc1. The van der Waals surface area contributed by atoms with Gasteiger partial charge in [-0.25, -0.2) is 9.18 Å². The molecule has 4 aromatic rings. The lowest BCUT2D eigenvalue weighted by molar-refractivity contribution is 0.135. The van der Waals surface area contributed by atoms with Crippen LogP contribution in [0.2, 0.25) is 0 Å². The van der Waals surface area contributed by atoms with Crippen LogP contribution in [0, 0.1) is 5.82 Å². The number of H-pyrrole nitrogens is 1. The Hall–Kier alpha value is -3.32. The summed E-state index contributed by atoms with van der Waals surface area (Å²) >= 11 is 3.56. The molecule has 0 radical (unpaired) electrons. The Balaban J connectivity index is 1.57. The lowest BCUT2D eigenvalue weighted by Crippen LogP contribution is -2.42. The van der Waals surface area contributed by atoms with Crippen LogP contribution in [0.1, 0.15) is 22.9 Å². The number of rotatable bonds is 3. The molecule has 1 aromatic heterocycles. The van der Waals surface area contributed by atoms with Gasteiger partial charge in [0.05, 0.1) is 7.11 Å². The molecule has 5 nitrogen and oxygen atoms in total. The second-order valence-corrected chi connectivity index (χ2v) is 8.56. The normalized spacial score (nSPS) is 15.5. The summed E-state index contributed by atoms with van der Waals surface area (Å²) in [6.45, 7) is 0.489. The third kappa shape index (κ3) is 3.73. The minimum Gasteiger partial charge on any atom is -0.497 e. The van der Waals surface area contributed by atoms with Gasteiger partial charge in [-0.15, -0.1) is 0 Å². The summed E-state index contributed by atoms with van der Waals surface area (Å²) in [5.74, 6) is 0.662. The van der Waals surface area contributed by atoms with Crippen molar-refractivity contribution in [3.05, 3.63) is 93.8 Å². The third-order valence-corrected chi connectivity index (χ3v) is 6.27. The monoisotopic (exact) mass is 494 g/mol. The number of carbonyl (C=O) groups is 1. The van der Waals surface area contributed by atoms with Crippen molar-refractivity contribution < 1.29 is 18.7 Å². The van der Waals surface area contributed by atoms with Crippen molar-refractivity contribution in [3.63, 3.8) is 0 Å². The van der Waals surface area contributed by atoms with Crippen molar-refractivity contribution >= 4 is 32.9 Å². The molecule has 162 valence electrons. The van der Waals surface area contributed by atoms with Crippen LogP contribution in [-0.2, 0) is 6.42 Å². The molecule has 1 aliphatic heterocycles. The summed E-state index contributed by atoms with van der Waals surface area (Å²) < 4.78 is 25.1. The Morgan fingerprint density at radius 1 is 1.06 bits per heavy atom. The highest BCUT2D eigenvalue weighted by atomic mass is 79.9. The van der Waals surface area contributed by atoms with Gasteiger partial charge in [-0.2, -0.15) is 0 Å². The summed E-state index contributed by atoms with van der Waals surface area (Å²) in [6.07, 6.45) is 0.208. The molecule has 0 bridgehead atoms. The van der Waals surface area contributed by atoms with E-state index in [-0.39, 0.29) is 11.9 Å². The van der Waals surface area contributed by atoms with Crippen LogP contribution in [0.5, 0.6) is 11.5 Å². The Labute approximate surface area is 192 Å². The van der Waals surface area contributed by atoms with Gasteiger partial charge in [0.15, 0.2) is 0 Å². The topological polar surface area (TPSA) is 54.6 Å². The number of carbonyl (C=O) groups excluding carboxylic acids is 1. The predicted molar refractivity (Wildman–Crippen MR) is 124 cm³/mol. The van der Waals surface area contributed by atoms with Gasteiger partial charge in [0, 0.05) is 27.6 Å². The Morgan fingerprint density at radius 3 is 2.50 bits per heavy atom. The maximum absolute atomic E-state index is 13.3. The maximum Gasteiger partial charge on any atom is 0.416 e. The van der Waals surface area contributed by atoms with Crippen LogP contribution in [0.4, 0.5) is 9.18 Å². The fraction of sp³-hybridized carbons (Fsp3) is 0.160. The molecule has 32 heavy (non-hydrogen) atoms. The first-order chi connectivity index (χ1) is 15.5. The zero-order valence-corrected chi connectivity index (χ0v) is 18.9. The zero-order valence-electron chi connectivity index (χ0n) is 17.3. The molecule has 0 saturated carbocycles. The molecule has 2 heterocycles. The number of aromatic nitrogens is 1. The van der Waals surface area contributed by atoms with Crippen molar-refractivity contribution in [2.24, 2.45) is 0 Å². The highest BCUT2D eigenvalue weighted by Crippen LogP contribution is 2.40. The van der Waals surface area contributed by atoms with E-state index in [9.17, 15) is 9.18 Å². The number of benzene rings is 3. The van der Waals surface area contributed by atoms with Gasteiger partial charge < -0.3 is 14.5 Å². The van der Waals surface area contributed by atoms with Crippen molar-refractivity contribution in [2.75, 3.05) is 13.7 Å². The zero-order chi connectivity index (χ0) is 22.2. The number of halogens is 2. The van der Waals surface area contributed by atoms with Crippen LogP contribution in [0.25, 0.3) is 10.9 Å². The standard InChI is InChI=1S/C25H20BrFN2O3/c1-31-18-7-2-15(3-8-18)24-23-20(21-14-16(26)4-11-22(21)28-23)12-13-29(24)25(30)32-19-9-5-17(27)6-10-19/h2-11,14,24,28H,12-13H2,1H3. The quantitative estimate of drug-likeness (QED) is 0.367. The Kier molecular flexibility index (Phi) is 5.35. The van der Waals surface area contributed by atoms with E-state index in [1.165, 1.54) is 29.8 Å². The molecule has 3 aromatic carbocycles. The van der Waals surface area contributed by atoms with Crippen molar-refractivity contribution in [1.82, 2.24) is 9.88 Å². The molecule has 0 fully saturated rings. The van der Waals surface area contributed by atoms with E-state index >= 15 is 0 Å². The summed E-state index contributed by atoms with van der Waals surface area (Å²) in [5, 5.41) is 1.14. The summed E-state index contributed by atoms with van der Waals surface area (Å²) in [4.78, 5) is 18.4. The maximum atomic E-state index is 13.3. The van der Waals surface area contributed by atoms with E-state index in [4.69, 9.17) is 9.47 Å². The summed E-state index contributed by atoms with van der Waals surface area (Å²) in [7, 11) is 1.62. The number of nitrogens with one attached hydrogen (secondary N) is 1. The first-order valence-electron chi connectivity index (χ1n) is 10.2. The molecule has 0 aliphatic carbocycles. The van der Waals surface area contributed by atoms with E-state index in [1.54, 1.807) is 12.0 Å². The molecule has 1 N–H and O–H groups in total. The summed E-state index contributed by atoms with van der Waals surface area (Å²) in [5.41, 5.74) is 4.11. The highest BCUT2D eigenvalue weighted by molar-refractivity contribution is 9.10. The Bertz CT molecular complexity index is 1290. The average molecular weight is 495 g/mol. The Morgan fingerprint density at radius 2 is 1.78 bits per heavy atom. The van der Waals surface area contributed by atoms with Gasteiger partial charge in [-0.3, -0.25) is 4.90 Å². The molecular weight excluding hydrogens is 475 g/mol. The first-order valence-corrected chi connectivity index (χ1v) is 11.0. The van der Waals surface area contributed by atoms with E-state index in [1.807, 2.05) is 36.4 Å². The van der Waals surface area contributed by atoms with Crippen LogP contribution in [0.15, 0.2) is 71.2 Å². The number of methoxy groups -OCH3 is 1. The lowest BCUT2D eigenvalue weighted by atomic mass is 9.92. The van der Waals surface area contributed by atoms with Crippen molar-refractivity contribution in [1.29, 1.82) is 0 Å². The number of nitrogens with zero attached hydrogens (tertiary/aromatic N) is 1. The minimum absolute atomic E-state index is 0.302. The molecule has 1 atom stereocenters. The molecular formula is C25H20BrFN2O3. The third-order valence-electron chi connectivity index (χ3n) is 5.77. The largest absolute Gasteiger partial charge is 0.497 e. The van der Waals surface area contributed by atoms with E-state index < -0.39 is 6.09 Å². The van der Waals surface area contributed by atoms with E-state index in [2.05, 4.69) is 27.0 Å². The van der Waals surface area contributed by atoms with Gasteiger partial charge in [-0.05, 0) is 72.1 Å². The van der Waals surface area contributed by atoms with Gasteiger partial charge in [0.1, 0.15) is 23.4 Å². The lowest BCUT2D eigenvalue weighted by Gasteiger charge is -2.35. The molecule has 5 rings (SSSR count). The van der Waals surface area contributed by atoms with E-state index in [0.29, 0.717) is 18.7 Å². The molecule has 0 spiro atoms. The second kappa shape index (κ2) is 8.31. The highest BCUT2D eigenvalue weighted by Gasteiger charge is 2.35. The van der Waals surface area contributed by atoms with E-state index in [0.717, 1.165) is 32.4 Å². The van der Waals surface area contributed by atoms with Crippen molar-refractivity contribution in [3.8, 4) is 11.5 Å². The molecule has 7 heteroatoms. The van der Waals surface area contributed by atoms with Crippen LogP contribution >= 0.6 is 15.9 Å². The van der Waals surface area contributed by atoms with Crippen LogP contribution < -0.4 is 9.47 Å². The van der Waals surface area contributed by atoms with Crippen LogP contribution in [-0.4, -0.2) is 29.6 Å². The number of ether oxygens (including phenoxy) is 2. The summed E-state index contributed by atoms with van der Waals surface area (Å²) in [6, 6.07) is 18.9. The first kappa shape index (κ1) is 20.6.